The van der Waals surface area contributed by atoms with Gasteiger partial charge >= 0.3 is 0 Å². The molecule has 0 radical (unpaired) electrons. The van der Waals surface area contributed by atoms with Gasteiger partial charge in [-0.2, -0.15) is 0 Å². The Bertz CT molecular complexity index is 473. The summed E-state index contributed by atoms with van der Waals surface area (Å²) < 4.78 is 12.8. The van der Waals surface area contributed by atoms with Gasteiger partial charge in [0.1, 0.15) is 5.82 Å². The van der Waals surface area contributed by atoms with Crippen LogP contribution >= 0.6 is 0 Å². The van der Waals surface area contributed by atoms with Crippen molar-refractivity contribution in [3.8, 4) is 0 Å². The van der Waals surface area contributed by atoms with Gasteiger partial charge in [-0.25, -0.2) is 4.39 Å². The molecule has 21 heavy (non-hydrogen) atoms. The van der Waals surface area contributed by atoms with E-state index in [-0.39, 0.29) is 30.3 Å². The number of hydrogen-bond acceptors (Lipinski definition) is 3. The van der Waals surface area contributed by atoms with Crippen molar-refractivity contribution >= 4 is 11.7 Å². The summed E-state index contributed by atoms with van der Waals surface area (Å²) in [6.45, 7) is 4.32. The lowest BCUT2D eigenvalue weighted by atomic mass is 9.92. The van der Waals surface area contributed by atoms with Gasteiger partial charge in [-0.05, 0) is 37.1 Å². The van der Waals surface area contributed by atoms with Crippen molar-refractivity contribution in [3.63, 3.8) is 0 Å². The van der Waals surface area contributed by atoms with E-state index in [1.165, 1.54) is 24.3 Å². The van der Waals surface area contributed by atoms with Crippen LogP contribution in [-0.4, -0.2) is 23.8 Å². The van der Waals surface area contributed by atoms with Crippen LogP contribution in [0.15, 0.2) is 24.3 Å². The molecule has 0 aliphatic heterocycles. The number of benzene rings is 1. The molecular weight excluding hydrogens is 271 g/mol. The molecule has 4 nitrogen and oxygen atoms in total. The topological polar surface area (TPSA) is 72.2 Å². The van der Waals surface area contributed by atoms with Crippen LogP contribution in [0, 0.1) is 5.82 Å². The van der Waals surface area contributed by atoms with Gasteiger partial charge in [0.05, 0.1) is 5.54 Å². The average Bonchev–Trinajstić information content (AvgIpc) is 2.51. The molecule has 1 aromatic rings. The number of amides is 1. The molecule has 0 bridgehead atoms. The highest BCUT2D eigenvalue weighted by Gasteiger charge is 2.26. The minimum Gasteiger partial charge on any atom is -0.349 e. The standard InChI is InChI=1S/C16H23FN2O2/c1-3-16(4-2,11-18)19-15(21)10-9-14(20)12-5-7-13(17)8-6-12/h5-8H,3-4,9-11,18H2,1-2H3,(H,19,21). The van der Waals surface area contributed by atoms with Gasteiger partial charge in [0, 0.05) is 24.9 Å². The molecule has 0 spiro atoms. The Labute approximate surface area is 124 Å². The minimum atomic E-state index is -0.393. The van der Waals surface area contributed by atoms with Gasteiger partial charge in [-0.15, -0.1) is 0 Å². The summed E-state index contributed by atoms with van der Waals surface area (Å²) in [6.07, 6.45) is 1.71. The quantitative estimate of drug-likeness (QED) is 0.723. The second-order valence-corrected chi connectivity index (χ2v) is 5.17. The number of halogens is 1. The number of carbonyl (C=O) groups is 2. The molecule has 0 atom stereocenters. The zero-order valence-corrected chi connectivity index (χ0v) is 12.6. The maximum atomic E-state index is 12.8. The molecule has 5 heteroatoms. The van der Waals surface area contributed by atoms with E-state index in [0.717, 1.165) is 12.8 Å². The summed E-state index contributed by atoms with van der Waals surface area (Å²) in [5, 5.41) is 2.92. The predicted molar refractivity (Wildman–Crippen MR) is 80.5 cm³/mol. The van der Waals surface area contributed by atoms with E-state index in [0.29, 0.717) is 12.1 Å². The maximum absolute atomic E-state index is 12.8. The highest BCUT2D eigenvalue weighted by molar-refractivity contribution is 5.97. The summed E-state index contributed by atoms with van der Waals surface area (Å²) in [7, 11) is 0. The molecular formula is C16H23FN2O2. The van der Waals surface area contributed by atoms with Crippen molar-refractivity contribution in [1.82, 2.24) is 5.32 Å². The Kier molecular flexibility index (Phi) is 6.49. The van der Waals surface area contributed by atoms with E-state index in [4.69, 9.17) is 5.73 Å². The summed E-state index contributed by atoms with van der Waals surface area (Å²) in [6, 6.07) is 5.33. The van der Waals surface area contributed by atoms with Crippen LogP contribution in [0.25, 0.3) is 0 Å². The maximum Gasteiger partial charge on any atom is 0.220 e. The SMILES string of the molecule is CCC(CC)(CN)NC(=O)CCC(=O)c1ccc(F)cc1. The Morgan fingerprint density at radius 3 is 2.19 bits per heavy atom. The lowest BCUT2D eigenvalue weighted by Crippen LogP contribution is -2.52. The van der Waals surface area contributed by atoms with Gasteiger partial charge in [-0.1, -0.05) is 13.8 Å². The number of hydrogen-bond donors (Lipinski definition) is 2. The van der Waals surface area contributed by atoms with E-state index in [1.807, 2.05) is 13.8 Å². The van der Waals surface area contributed by atoms with Gasteiger partial charge in [0.2, 0.25) is 5.91 Å². The number of Topliss-reactive ketones (excluding diaryl/α,β-unsaturated/α-hetero) is 1. The molecule has 1 aromatic carbocycles. The number of carbonyl (C=O) groups excluding carboxylic acids is 2. The molecule has 0 fully saturated rings. The largest absolute Gasteiger partial charge is 0.349 e. The summed E-state index contributed by atoms with van der Waals surface area (Å²) in [5.41, 5.74) is 5.75. The van der Waals surface area contributed by atoms with E-state index < -0.39 is 5.54 Å². The van der Waals surface area contributed by atoms with Crippen LogP contribution in [-0.2, 0) is 4.79 Å². The molecule has 0 saturated carbocycles. The highest BCUT2D eigenvalue weighted by Crippen LogP contribution is 2.14. The fraction of sp³-hybridized carbons (Fsp3) is 0.500. The fourth-order valence-corrected chi connectivity index (χ4v) is 2.13. The van der Waals surface area contributed by atoms with Gasteiger partial charge in [0.25, 0.3) is 0 Å². The second kappa shape index (κ2) is 7.88. The molecule has 116 valence electrons. The molecule has 0 aliphatic carbocycles. The van der Waals surface area contributed by atoms with Crippen LogP contribution in [0.1, 0.15) is 49.9 Å². The van der Waals surface area contributed by atoms with E-state index in [9.17, 15) is 14.0 Å². The molecule has 0 unspecified atom stereocenters. The Balaban J connectivity index is 2.53. The highest BCUT2D eigenvalue weighted by atomic mass is 19.1. The van der Waals surface area contributed by atoms with Crippen LogP contribution in [0.3, 0.4) is 0 Å². The second-order valence-electron chi connectivity index (χ2n) is 5.17. The number of nitrogens with one attached hydrogen (secondary N) is 1. The first-order valence-corrected chi connectivity index (χ1v) is 7.26. The third-order valence-corrected chi connectivity index (χ3v) is 3.89. The van der Waals surface area contributed by atoms with Gasteiger partial charge in [-0.3, -0.25) is 9.59 Å². The third-order valence-electron chi connectivity index (χ3n) is 3.89. The first kappa shape index (κ1) is 17.3. The first-order chi connectivity index (χ1) is 9.96. The Hall–Kier alpha value is -1.75. The molecule has 0 saturated heterocycles. The lowest BCUT2D eigenvalue weighted by Gasteiger charge is -2.31. The summed E-state index contributed by atoms with van der Waals surface area (Å²) in [4.78, 5) is 23.9. The molecule has 0 heterocycles. The average molecular weight is 294 g/mol. The summed E-state index contributed by atoms with van der Waals surface area (Å²) >= 11 is 0. The predicted octanol–water partition coefficient (Wildman–Crippen LogP) is 2.42. The van der Waals surface area contributed by atoms with Gasteiger partial charge < -0.3 is 11.1 Å². The Morgan fingerprint density at radius 2 is 1.71 bits per heavy atom. The summed E-state index contributed by atoms with van der Waals surface area (Å²) in [5.74, 6) is -0.737. The van der Waals surface area contributed by atoms with Gasteiger partial charge in [0.15, 0.2) is 5.78 Å². The van der Waals surface area contributed by atoms with Crippen molar-refractivity contribution in [1.29, 1.82) is 0 Å². The molecule has 1 rings (SSSR count). The third kappa shape index (κ3) is 4.93. The van der Waals surface area contributed by atoms with Crippen molar-refractivity contribution < 1.29 is 14.0 Å². The van der Waals surface area contributed by atoms with Crippen LogP contribution in [0.4, 0.5) is 4.39 Å². The molecule has 3 N–H and O–H groups in total. The van der Waals surface area contributed by atoms with E-state index in [2.05, 4.69) is 5.32 Å². The monoisotopic (exact) mass is 294 g/mol. The van der Waals surface area contributed by atoms with E-state index >= 15 is 0 Å². The molecule has 0 aliphatic rings. The van der Waals surface area contributed by atoms with Crippen molar-refractivity contribution in [2.75, 3.05) is 6.54 Å². The Morgan fingerprint density at radius 1 is 1.14 bits per heavy atom. The number of nitrogens with two attached hydrogens (primary N) is 1. The van der Waals surface area contributed by atoms with Crippen LogP contribution in [0.5, 0.6) is 0 Å². The molecule has 1 amide bonds. The zero-order chi connectivity index (χ0) is 15.9. The van der Waals surface area contributed by atoms with E-state index in [1.54, 1.807) is 0 Å². The van der Waals surface area contributed by atoms with Crippen LogP contribution < -0.4 is 11.1 Å². The smallest absolute Gasteiger partial charge is 0.220 e. The van der Waals surface area contributed by atoms with Crippen molar-refractivity contribution in [2.24, 2.45) is 5.73 Å². The van der Waals surface area contributed by atoms with Crippen LogP contribution in [0.2, 0.25) is 0 Å². The fourth-order valence-electron chi connectivity index (χ4n) is 2.13. The van der Waals surface area contributed by atoms with Crippen molar-refractivity contribution in [3.05, 3.63) is 35.6 Å². The molecule has 0 aromatic heterocycles. The first-order valence-electron chi connectivity index (χ1n) is 7.26. The number of ketones is 1. The minimum absolute atomic E-state index is 0.103. The number of rotatable bonds is 8. The normalized spacial score (nSPS) is 11.2. The lowest BCUT2D eigenvalue weighted by molar-refractivity contribution is -0.123. The zero-order valence-electron chi connectivity index (χ0n) is 12.6. The van der Waals surface area contributed by atoms with Crippen molar-refractivity contribution in [2.45, 2.75) is 45.1 Å².